The first kappa shape index (κ1) is 20.3. The average molecular weight is 388 g/mol. The molecule has 3 nitrogen and oxygen atoms in total. The Hall–Kier alpha value is -1.39. The van der Waals surface area contributed by atoms with Gasteiger partial charge in [-0.3, -0.25) is 0 Å². The molecular formula is C23H30ClNO2. The average Bonchev–Trinajstić information content (AvgIpc) is 2.72. The second-order valence-electron chi connectivity index (χ2n) is 7.44. The van der Waals surface area contributed by atoms with Crippen molar-refractivity contribution < 1.29 is 9.84 Å². The third kappa shape index (κ3) is 4.72. The van der Waals surface area contributed by atoms with Crippen LogP contribution in [0.15, 0.2) is 48.5 Å². The van der Waals surface area contributed by atoms with E-state index in [1.54, 1.807) is 7.11 Å². The Bertz CT molecular complexity index is 730. The zero-order valence-electron chi connectivity index (χ0n) is 16.1. The van der Waals surface area contributed by atoms with E-state index < -0.39 is 5.60 Å². The molecule has 1 unspecified atom stereocenters. The molecule has 2 atom stereocenters. The third-order valence-electron chi connectivity index (χ3n) is 5.69. The second kappa shape index (κ2) is 9.70. The van der Waals surface area contributed by atoms with Gasteiger partial charge in [0.25, 0.3) is 0 Å². The van der Waals surface area contributed by atoms with Crippen LogP contribution in [0.3, 0.4) is 0 Å². The van der Waals surface area contributed by atoms with Gasteiger partial charge in [-0.2, -0.15) is 0 Å². The molecule has 1 heterocycles. The first-order chi connectivity index (χ1) is 13.2. The first-order valence-electron chi connectivity index (χ1n) is 9.93. The van der Waals surface area contributed by atoms with Crippen molar-refractivity contribution in [2.45, 2.75) is 37.7 Å². The van der Waals surface area contributed by atoms with Crippen LogP contribution < -0.4 is 5.32 Å². The van der Waals surface area contributed by atoms with Crippen LogP contribution in [-0.4, -0.2) is 31.9 Å². The number of hydrogen-bond acceptors (Lipinski definition) is 3. The number of aliphatic hydroxyl groups is 1. The zero-order valence-corrected chi connectivity index (χ0v) is 16.8. The number of rotatable bonds is 8. The lowest BCUT2D eigenvalue weighted by molar-refractivity contribution is -0.0429. The van der Waals surface area contributed by atoms with Gasteiger partial charge in [0, 0.05) is 36.8 Å². The highest BCUT2D eigenvalue weighted by molar-refractivity contribution is 6.33. The molecule has 0 spiro atoms. The minimum atomic E-state index is -0.878. The van der Waals surface area contributed by atoms with E-state index in [4.69, 9.17) is 16.3 Å². The van der Waals surface area contributed by atoms with Gasteiger partial charge in [0.1, 0.15) is 0 Å². The molecule has 1 aliphatic heterocycles. The van der Waals surface area contributed by atoms with Crippen LogP contribution in [0, 0.1) is 5.92 Å². The van der Waals surface area contributed by atoms with E-state index in [1.165, 1.54) is 0 Å². The lowest BCUT2D eigenvalue weighted by atomic mass is 9.72. The Labute approximate surface area is 167 Å². The number of halogens is 1. The van der Waals surface area contributed by atoms with Crippen molar-refractivity contribution in [1.82, 2.24) is 5.32 Å². The molecule has 0 radical (unpaired) electrons. The number of nitrogens with one attached hydrogen (secondary N) is 1. The highest BCUT2D eigenvalue weighted by Crippen LogP contribution is 2.43. The lowest BCUT2D eigenvalue weighted by Gasteiger charge is -2.40. The van der Waals surface area contributed by atoms with Gasteiger partial charge in [-0.25, -0.2) is 0 Å². The first-order valence-corrected chi connectivity index (χ1v) is 10.3. The molecule has 27 heavy (non-hydrogen) atoms. The zero-order chi connectivity index (χ0) is 19.1. The fourth-order valence-corrected chi connectivity index (χ4v) is 4.47. The van der Waals surface area contributed by atoms with Crippen LogP contribution in [0.4, 0.5) is 0 Å². The van der Waals surface area contributed by atoms with Crippen LogP contribution in [0.2, 0.25) is 5.02 Å². The monoisotopic (exact) mass is 387 g/mol. The molecule has 0 amide bonds. The number of unbranched alkanes of at least 4 members (excludes halogenated alkanes) is 1. The van der Waals surface area contributed by atoms with Crippen molar-refractivity contribution in [2.24, 2.45) is 5.92 Å². The van der Waals surface area contributed by atoms with Gasteiger partial charge in [-0.15, -0.1) is 0 Å². The van der Waals surface area contributed by atoms with Crippen molar-refractivity contribution in [1.29, 1.82) is 0 Å². The summed E-state index contributed by atoms with van der Waals surface area (Å²) < 4.78 is 5.21. The van der Waals surface area contributed by atoms with Crippen LogP contribution in [0.25, 0.3) is 11.1 Å². The van der Waals surface area contributed by atoms with Gasteiger partial charge in [0.05, 0.1) is 5.60 Å². The van der Waals surface area contributed by atoms with Crippen molar-refractivity contribution in [3.8, 4) is 11.1 Å². The van der Waals surface area contributed by atoms with Crippen LogP contribution >= 0.6 is 11.6 Å². The Morgan fingerprint density at radius 3 is 2.56 bits per heavy atom. The Morgan fingerprint density at radius 1 is 1.11 bits per heavy atom. The molecule has 1 aliphatic rings. The summed E-state index contributed by atoms with van der Waals surface area (Å²) in [7, 11) is 1.73. The molecule has 146 valence electrons. The van der Waals surface area contributed by atoms with E-state index in [2.05, 4.69) is 17.4 Å². The van der Waals surface area contributed by atoms with E-state index in [1.807, 2.05) is 36.4 Å². The molecule has 1 fully saturated rings. The van der Waals surface area contributed by atoms with Crippen LogP contribution in [0.1, 0.15) is 37.7 Å². The molecule has 0 aromatic heterocycles. The van der Waals surface area contributed by atoms with Gasteiger partial charge in [0.2, 0.25) is 0 Å². The van der Waals surface area contributed by atoms with Gasteiger partial charge in [-0.1, -0.05) is 54.1 Å². The molecular weight excluding hydrogens is 358 g/mol. The SMILES string of the molecule is COCCCC[C@@](O)(c1ccccc1-c1ccccc1Cl)C1CCCNC1. The fraction of sp³-hybridized carbons (Fsp3) is 0.478. The van der Waals surface area contributed by atoms with E-state index >= 15 is 0 Å². The summed E-state index contributed by atoms with van der Waals surface area (Å²) in [5.74, 6) is 0.192. The lowest BCUT2D eigenvalue weighted by Crippen LogP contribution is -2.44. The molecule has 0 bridgehead atoms. The van der Waals surface area contributed by atoms with Crippen molar-refractivity contribution in [2.75, 3.05) is 26.8 Å². The number of piperidine rings is 1. The second-order valence-corrected chi connectivity index (χ2v) is 7.85. The minimum absolute atomic E-state index is 0.192. The quantitative estimate of drug-likeness (QED) is 0.625. The van der Waals surface area contributed by atoms with E-state index in [-0.39, 0.29) is 5.92 Å². The standard InChI is InChI=1S/C23H30ClNO2/c1-27-16-7-6-14-23(26,18-9-8-15-25-17-18)21-12-4-2-10-19(21)20-11-3-5-13-22(20)24/h2-5,10-13,18,25-26H,6-9,14-17H2,1H3/t18?,23-/m0/s1. The molecule has 2 N–H and O–H groups in total. The molecule has 4 heteroatoms. The maximum atomic E-state index is 12.0. The highest BCUT2D eigenvalue weighted by atomic mass is 35.5. The summed E-state index contributed by atoms with van der Waals surface area (Å²) in [5, 5.41) is 16.2. The fourth-order valence-electron chi connectivity index (χ4n) is 4.23. The molecule has 3 rings (SSSR count). The van der Waals surface area contributed by atoms with Crippen molar-refractivity contribution >= 4 is 11.6 Å². The van der Waals surface area contributed by atoms with Crippen molar-refractivity contribution in [3.05, 3.63) is 59.1 Å². The molecule has 0 saturated carbocycles. The van der Waals surface area contributed by atoms with E-state index in [0.717, 1.165) is 68.5 Å². The van der Waals surface area contributed by atoms with Crippen LogP contribution in [0.5, 0.6) is 0 Å². The van der Waals surface area contributed by atoms with Crippen molar-refractivity contribution in [3.63, 3.8) is 0 Å². The normalized spacial score (nSPS) is 19.6. The number of hydrogen-bond donors (Lipinski definition) is 2. The molecule has 2 aromatic carbocycles. The number of ether oxygens (including phenoxy) is 1. The summed E-state index contributed by atoms with van der Waals surface area (Å²) in [4.78, 5) is 0. The Morgan fingerprint density at radius 2 is 1.85 bits per heavy atom. The Balaban J connectivity index is 2.00. The van der Waals surface area contributed by atoms with Gasteiger partial charge in [0.15, 0.2) is 0 Å². The third-order valence-corrected chi connectivity index (χ3v) is 6.02. The topological polar surface area (TPSA) is 41.5 Å². The number of benzene rings is 2. The van der Waals surface area contributed by atoms with Gasteiger partial charge >= 0.3 is 0 Å². The summed E-state index contributed by atoms with van der Waals surface area (Å²) in [6, 6.07) is 16.1. The predicted octanol–water partition coefficient (Wildman–Crippen LogP) is 5.01. The summed E-state index contributed by atoms with van der Waals surface area (Å²) >= 11 is 6.50. The molecule has 1 saturated heterocycles. The van der Waals surface area contributed by atoms with E-state index in [9.17, 15) is 5.11 Å². The van der Waals surface area contributed by atoms with E-state index in [0.29, 0.717) is 5.02 Å². The highest BCUT2D eigenvalue weighted by Gasteiger charge is 2.40. The predicted molar refractivity (Wildman–Crippen MR) is 112 cm³/mol. The molecule has 2 aromatic rings. The maximum Gasteiger partial charge on any atom is 0.0942 e. The number of methoxy groups -OCH3 is 1. The minimum Gasteiger partial charge on any atom is -0.385 e. The smallest absolute Gasteiger partial charge is 0.0942 e. The maximum absolute atomic E-state index is 12.0. The summed E-state index contributed by atoms with van der Waals surface area (Å²) in [5.41, 5.74) is 2.12. The summed E-state index contributed by atoms with van der Waals surface area (Å²) in [6.45, 7) is 2.60. The van der Waals surface area contributed by atoms with Gasteiger partial charge < -0.3 is 15.2 Å². The van der Waals surface area contributed by atoms with Crippen LogP contribution in [-0.2, 0) is 10.3 Å². The molecule has 0 aliphatic carbocycles. The largest absolute Gasteiger partial charge is 0.385 e. The van der Waals surface area contributed by atoms with Gasteiger partial charge in [-0.05, 0) is 55.8 Å². The summed E-state index contributed by atoms with van der Waals surface area (Å²) in [6.07, 6.45) is 4.74. The Kier molecular flexibility index (Phi) is 7.31.